The van der Waals surface area contributed by atoms with Gasteiger partial charge in [0.25, 0.3) is 0 Å². The van der Waals surface area contributed by atoms with Gasteiger partial charge in [0.1, 0.15) is 6.61 Å². The van der Waals surface area contributed by atoms with Crippen LogP contribution in [0.5, 0.6) is 0 Å². The van der Waals surface area contributed by atoms with E-state index in [1.807, 2.05) is 20.8 Å². The molecule has 0 fully saturated rings. The molecule has 0 aromatic carbocycles. The summed E-state index contributed by atoms with van der Waals surface area (Å²) in [6, 6.07) is 0. The third kappa shape index (κ3) is 11.9. The second kappa shape index (κ2) is 8.96. The highest BCUT2D eigenvalue weighted by molar-refractivity contribution is 9.09. The fourth-order valence-corrected chi connectivity index (χ4v) is 1.12. The molecule has 0 aliphatic heterocycles. The lowest BCUT2D eigenvalue weighted by Crippen LogP contribution is -2.32. The second-order valence-electron chi connectivity index (χ2n) is 4.41. The van der Waals surface area contributed by atoms with E-state index in [0.717, 1.165) is 11.8 Å². The van der Waals surface area contributed by atoms with Gasteiger partial charge in [0.15, 0.2) is 0 Å². The summed E-state index contributed by atoms with van der Waals surface area (Å²) in [5, 5.41) is 3.62. The molecule has 5 heteroatoms. The summed E-state index contributed by atoms with van der Waals surface area (Å²) in [6.07, 6.45) is 0.828. The number of hydrogen-bond donors (Lipinski definition) is 1. The Morgan fingerprint density at radius 1 is 1.31 bits per heavy atom. The molecule has 0 bridgehead atoms. The number of ether oxygens (including phenoxy) is 2. The zero-order valence-corrected chi connectivity index (χ0v) is 11.9. The number of halogens is 1. The summed E-state index contributed by atoms with van der Waals surface area (Å²) in [7, 11) is 0. The average molecular weight is 296 g/mol. The maximum atomic E-state index is 11.3. The van der Waals surface area contributed by atoms with Gasteiger partial charge >= 0.3 is 0 Å². The molecule has 0 aromatic heterocycles. The number of carbonyl (C=O) groups excluding carboxylic acids is 1. The molecule has 0 spiro atoms. The van der Waals surface area contributed by atoms with E-state index in [-0.39, 0.29) is 18.1 Å². The normalized spacial score (nSPS) is 11.5. The molecule has 0 saturated heterocycles. The van der Waals surface area contributed by atoms with E-state index in [4.69, 9.17) is 9.47 Å². The van der Waals surface area contributed by atoms with Gasteiger partial charge in [0.05, 0.1) is 12.2 Å². The van der Waals surface area contributed by atoms with E-state index in [9.17, 15) is 4.79 Å². The van der Waals surface area contributed by atoms with Crippen LogP contribution >= 0.6 is 15.9 Å². The first kappa shape index (κ1) is 15.9. The summed E-state index contributed by atoms with van der Waals surface area (Å²) < 4.78 is 10.6. The Labute approximate surface area is 106 Å². The Morgan fingerprint density at radius 3 is 2.56 bits per heavy atom. The van der Waals surface area contributed by atoms with Crippen LogP contribution in [0.3, 0.4) is 0 Å². The van der Waals surface area contributed by atoms with E-state index in [0.29, 0.717) is 19.8 Å². The van der Waals surface area contributed by atoms with Crippen molar-refractivity contribution < 1.29 is 14.3 Å². The van der Waals surface area contributed by atoms with Crippen molar-refractivity contribution in [3.63, 3.8) is 0 Å². The summed E-state index contributed by atoms with van der Waals surface area (Å²) in [6.45, 7) is 7.91. The van der Waals surface area contributed by atoms with Crippen LogP contribution in [0.4, 0.5) is 0 Å². The van der Waals surface area contributed by atoms with E-state index in [2.05, 4.69) is 21.2 Å². The van der Waals surface area contributed by atoms with Crippen molar-refractivity contribution in [2.24, 2.45) is 0 Å². The molecular weight excluding hydrogens is 274 g/mol. The molecule has 0 unspecified atom stereocenters. The highest BCUT2D eigenvalue weighted by Crippen LogP contribution is 2.05. The molecule has 0 atom stereocenters. The van der Waals surface area contributed by atoms with Gasteiger partial charge in [-0.3, -0.25) is 4.79 Å². The van der Waals surface area contributed by atoms with Gasteiger partial charge in [-0.05, 0) is 27.2 Å². The first-order chi connectivity index (χ1) is 7.45. The van der Waals surface area contributed by atoms with E-state index in [1.54, 1.807) is 0 Å². The van der Waals surface area contributed by atoms with Crippen LogP contribution in [0.2, 0.25) is 0 Å². The fourth-order valence-electron chi connectivity index (χ4n) is 0.892. The first-order valence-corrected chi connectivity index (χ1v) is 6.62. The minimum atomic E-state index is -0.268. The highest BCUT2D eigenvalue weighted by atomic mass is 79.9. The number of nitrogens with one attached hydrogen (secondary N) is 1. The average Bonchev–Trinajstić information content (AvgIpc) is 2.19. The van der Waals surface area contributed by atoms with E-state index in [1.165, 1.54) is 0 Å². The number of hydrogen-bond acceptors (Lipinski definition) is 3. The van der Waals surface area contributed by atoms with Crippen molar-refractivity contribution >= 4 is 21.8 Å². The Bertz CT molecular complexity index is 192. The molecule has 1 amide bonds. The van der Waals surface area contributed by atoms with Crippen LogP contribution < -0.4 is 5.32 Å². The molecule has 4 nitrogen and oxygen atoms in total. The zero-order valence-electron chi connectivity index (χ0n) is 10.3. The van der Waals surface area contributed by atoms with Crippen molar-refractivity contribution in [1.82, 2.24) is 5.32 Å². The molecule has 0 saturated carbocycles. The van der Waals surface area contributed by atoms with Gasteiger partial charge in [-0.2, -0.15) is 0 Å². The topological polar surface area (TPSA) is 47.6 Å². The maximum Gasteiger partial charge on any atom is 0.246 e. The van der Waals surface area contributed by atoms with Gasteiger partial charge in [-0.25, -0.2) is 0 Å². The van der Waals surface area contributed by atoms with Gasteiger partial charge in [-0.1, -0.05) is 15.9 Å². The number of carbonyl (C=O) groups is 1. The first-order valence-electron chi connectivity index (χ1n) is 5.50. The molecule has 0 radical (unpaired) electrons. The Balaban J connectivity index is 3.31. The Hall–Kier alpha value is -0.130. The standard InChI is InChI=1S/C11H22BrNO3/c1-11(2,3)16-9-10(14)13-6-4-7-15-8-5-12/h4-9H2,1-3H3,(H,13,14). The highest BCUT2D eigenvalue weighted by Gasteiger charge is 2.12. The third-order valence-electron chi connectivity index (χ3n) is 1.65. The Morgan fingerprint density at radius 2 is 2.00 bits per heavy atom. The monoisotopic (exact) mass is 295 g/mol. The molecule has 96 valence electrons. The van der Waals surface area contributed by atoms with Gasteiger partial charge in [0, 0.05) is 18.5 Å². The van der Waals surface area contributed by atoms with Crippen LogP contribution in [0.1, 0.15) is 27.2 Å². The number of alkyl halides is 1. The van der Waals surface area contributed by atoms with Crippen molar-refractivity contribution in [3.05, 3.63) is 0 Å². The molecule has 0 aliphatic rings. The fraction of sp³-hybridized carbons (Fsp3) is 0.909. The molecule has 1 N–H and O–H groups in total. The summed E-state index contributed by atoms with van der Waals surface area (Å²) in [5.41, 5.74) is -0.268. The molecule has 0 heterocycles. The van der Waals surface area contributed by atoms with E-state index < -0.39 is 0 Å². The van der Waals surface area contributed by atoms with Gasteiger partial charge < -0.3 is 14.8 Å². The largest absolute Gasteiger partial charge is 0.381 e. The quantitative estimate of drug-likeness (QED) is 0.548. The van der Waals surface area contributed by atoms with Crippen LogP contribution in [0.15, 0.2) is 0 Å². The smallest absolute Gasteiger partial charge is 0.246 e. The summed E-state index contributed by atoms with van der Waals surface area (Å²) in [4.78, 5) is 11.3. The SMILES string of the molecule is CC(C)(C)OCC(=O)NCCCOCCBr. The minimum absolute atomic E-state index is 0.0737. The number of rotatable bonds is 8. The van der Waals surface area contributed by atoms with Crippen LogP contribution in [0, 0.1) is 0 Å². The van der Waals surface area contributed by atoms with Crippen molar-refractivity contribution in [1.29, 1.82) is 0 Å². The third-order valence-corrected chi connectivity index (χ3v) is 1.97. The van der Waals surface area contributed by atoms with Crippen molar-refractivity contribution in [2.45, 2.75) is 32.8 Å². The van der Waals surface area contributed by atoms with Crippen LogP contribution in [0.25, 0.3) is 0 Å². The maximum absolute atomic E-state index is 11.3. The molecule has 0 aliphatic carbocycles. The van der Waals surface area contributed by atoms with Crippen molar-refractivity contribution in [3.8, 4) is 0 Å². The van der Waals surface area contributed by atoms with Crippen LogP contribution in [-0.2, 0) is 14.3 Å². The summed E-state index contributed by atoms with van der Waals surface area (Å²) in [5.74, 6) is -0.0737. The summed E-state index contributed by atoms with van der Waals surface area (Å²) >= 11 is 3.27. The molecular formula is C11H22BrNO3. The van der Waals surface area contributed by atoms with Gasteiger partial charge in [0.2, 0.25) is 5.91 Å². The molecule has 16 heavy (non-hydrogen) atoms. The van der Waals surface area contributed by atoms with Crippen molar-refractivity contribution in [2.75, 3.05) is 31.7 Å². The lowest BCUT2D eigenvalue weighted by molar-refractivity contribution is -0.130. The van der Waals surface area contributed by atoms with E-state index >= 15 is 0 Å². The molecule has 0 rings (SSSR count). The Kier molecular flexibility index (Phi) is 8.89. The predicted molar refractivity (Wildman–Crippen MR) is 67.9 cm³/mol. The van der Waals surface area contributed by atoms with Gasteiger partial charge in [-0.15, -0.1) is 0 Å². The molecule has 0 aromatic rings. The lowest BCUT2D eigenvalue weighted by Gasteiger charge is -2.18. The predicted octanol–water partition coefficient (Wildman–Crippen LogP) is 1.72. The lowest BCUT2D eigenvalue weighted by atomic mass is 10.2. The second-order valence-corrected chi connectivity index (χ2v) is 5.20. The zero-order chi connectivity index (χ0) is 12.4. The van der Waals surface area contributed by atoms with Crippen LogP contribution in [-0.4, -0.2) is 43.2 Å². The number of amides is 1. The minimum Gasteiger partial charge on any atom is -0.381 e.